The molecule has 24 heavy (non-hydrogen) atoms. The number of rotatable bonds is 4. The van der Waals surface area contributed by atoms with Gasteiger partial charge in [0.05, 0.1) is 5.71 Å². The molecule has 7 heteroatoms. The van der Waals surface area contributed by atoms with Crippen molar-refractivity contribution >= 4 is 28.8 Å². The summed E-state index contributed by atoms with van der Waals surface area (Å²) >= 11 is 0. The first kappa shape index (κ1) is 15.8. The quantitative estimate of drug-likeness (QED) is 0.511. The lowest BCUT2D eigenvalue weighted by Crippen LogP contribution is -2.31. The topological polar surface area (TPSA) is 112 Å². The van der Waals surface area contributed by atoms with Crippen LogP contribution in [0.1, 0.15) is 30.9 Å². The largest absolute Gasteiger partial charge is 0.398 e. The van der Waals surface area contributed by atoms with Crippen LogP contribution >= 0.6 is 0 Å². The van der Waals surface area contributed by atoms with Gasteiger partial charge >= 0.3 is 0 Å². The van der Waals surface area contributed by atoms with E-state index in [1.807, 2.05) is 6.92 Å². The molecule has 0 radical (unpaired) electrons. The summed E-state index contributed by atoms with van der Waals surface area (Å²) in [5.41, 5.74) is 7.66. The normalized spacial score (nSPS) is 17.1. The van der Waals surface area contributed by atoms with E-state index >= 15 is 0 Å². The number of nitrogens with one attached hydrogen (secondary N) is 1. The van der Waals surface area contributed by atoms with Gasteiger partial charge in [0.1, 0.15) is 11.5 Å². The van der Waals surface area contributed by atoms with Crippen molar-refractivity contribution in [3.05, 3.63) is 52.6 Å². The number of hydrogen-bond donors (Lipinski definition) is 2. The van der Waals surface area contributed by atoms with Gasteiger partial charge in [0.2, 0.25) is 5.91 Å². The van der Waals surface area contributed by atoms with E-state index in [1.54, 1.807) is 29.3 Å². The minimum absolute atomic E-state index is 0.0327. The molecule has 1 saturated heterocycles. The second kappa shape index (κ2) is 6.19. The predicted octanol–water partition coefficient (Wildman–Crippen LogP) is 2.99. The standard InChI is InChI=1S/C17H17N5O2/c1-10-2-5-16(23)22(10)15-8-11(6-7-20-15)17(19)13-9-12(21-24)3-4-14(13)18/h3-4,6-10,19H,2,5,18H2,1H3. The lowest BCUT2D eigenvalue weighted by Gasteiger charge is -2.21. The van der Waals surface area contributed by atoms with E-state index < -0.39 is 0 Å². The van der Waals surface area contributed by atoms with Crippen LogP contribution in [0, 0.1) is 10.3 Å². The Morgan fingerprint density at radius 3 is 2.83 bits per heavy atom. The van der Waals surface area contributed by atoms with Crippen LogP contribution in [-0.4, -0.2) is 22.6 Å². The SMILES string of the molecule is CC1CCC(=O)N1c1cc(C(=N)c2cc(N=O)ccc2N)ccn1. The molecule has 1 aromatic heterocycles. The van der Waals surface area contributed by atoms with Crippen molar-refractivity contribution in [3.8, 4) is 0 Å². The van der Waals surface area contributed by atoms with Gasteiger partial charge in [-0.05, 0) is 48.9 Å². The van der Waals surface area contributed by atoms with Gasteiger partial charge in [-0.2, -0.15) is 0 Å². The summed E-state index contributed by atoms with van der Waals surface area (Å²) in [6.45, 7) is 1.97. The van der Waals surface area contributed by atoms with Crippen LogP contribution in [0.25, 0.3) is 0 Å². The molecule has 1 atom stereocenters. The zero-order chi connectivity index (χ0) is 17.3. The third kappa shape index (κ3) is 2.76. The minimum Gasteiger partial charge on any atom is -0.398 e. The zero-order valence-electron chi connectivity index (χ0n) is 13.2. The number of benzene rings is 1. The Labute approximate surface area is 139 Å². The van der Waals surface area contributed by atoms with Gasteiger partial charge in [0.15, 0.2) is 0 Å². The van der Waals surface area contributed by atoms with Crippen molar-refractivity contribution in [2.45, 2.75) is 25.8 Å². The van der Waals surface area contributed by atoms with E-state index in [4.69, 9.17) is 11.1 Å². The van der Waals surface area contributed by atoms with Crippen molar-refractivity contribution in [2.75, 3.05) is 10.6 Å². The fourth-order valence-corrected chi connectivity index (χ4v) is 2.86. The molecule has 0 aliphatic carbocycles. The lowest BCUT2D eigenvalue weighted by molar-refractivity contribution is -0.117. The maximum Gasteiger partial charge on any atom is 0.228 e. The Bertz CT molecular complexity index is 833. The monoisotopic (exact) mass is 323 g/mol. The second-order valence-corrected chi connectivity index (χ2v) is 5.79. The Morgan fingerprint density at radius 1 is 1.38 bits per heavy atom. The molecule has 7 nitrogen and oxygen atoms in total. The van der Waals surface area contributed by atoms with Crippen molar-refractivity contribution in [3.63, 3.8) is 0 Å². The molecule has 1 aromatic carbocycles. The fourth-order valence-electron chi connectivity index (χ4n) is 2.86. The summed E-state index contributed by atoms with van der Waals surface area (Å²) in [6.07, 6.45) is 2.86. The Hall–Kier alpha value is -3.09. The molecule has 0 bridgehead atoms. The molecule has 1 aliphatic heterocycles. The van der Waals surface area contributed by atoms with Crippen LogP contribution in [-0.2, 0) is 4.79 Å². The van der Waals surface area contributed by atoms with E-state index in [9.17, 15) is 9.70 Å². The molecule has 122 valence electrons. The molecule has 1 fully saturated rings. The number of carbonyl (C=O) groups excluding carboxylic acids is 1. The van der Waals surface area contributed by atoms with Gasteiger partial charge < -0.3 is 5.73 Å². The van der Waals surface area contributed by atoms with Crippen molar-refractivity contribution in [2.24, 2.45) is 5.18 Å². The van der Waals surface area contributed by atoms with Crippen molar-refractivity contribution in [1.82, 2.24) is 4.98 Å². The summed E-state index contributed by atoms with van der Waals surface area (Å²) in [7, 11) is 0. The molecule has 0 spiro atoms. The predicted molar refractivity (Wildman–Crippen MR) is 92.7 cm³/mol. The van der Waals surface area contributed by atoms with Gasteiger partial charge in [-0.1, -0.05) is 0 Å². The maximum absolute atomic E-state index is 12.0. The fraction of sp³-hybridized carbons (Fsp3) is 0.235. The molecule has 2 heterocycles. The zero-order valence-corrected chi connectivity index (χ0v) is 13.2. The smallest absolute Gasteiger partial charge is 0.228 e. The highest BCUT2D eigenvalue weighted by Gasteiger charge is 2.30. The van der Waals surface area contributed by atoms with Gasteiger partial charge in [0, 0.05) is 35.5 Å². The first-order chi connectivity index (χ1) is 11.5. The van der Waals surface area contributed by atoms with Crippen LogP contribution in [0.2, 0.25) is 0 Å². The molecule has 0 saturated carbocycles. The van der Waals surface area contributed by atoms with Gasteiger partial charge in [-0.15, -0.1) is 4.91 Å². The number of nitrogen functional groups attached to an aromatic ring is 1. The number of hydrogen-bond acceptors (Lipinski definition) is 6. The van der Waals surface area contributed by atoms with Crippen molar-refractivity contribution in [1.29, 1.82) is 5.41 Å². The molecule has 3 rings (SSSR count). The molecule has 1 unspecified atom stereocenters. The van der Waals surface area contributed by atoms with Crippen LogP contribution in [0.15, 0.2) is 41.7 Å². The van der Waals surface area contributed by atoms with Crippen LogP contribution in [0.3, 0.4) is 0 Å². The summed E-state index contributed by atoms with van der Waals surface area (Å²) in [6, 6.07) is 7.99. The molecule has 1 aliphatic rings. The molecular formula is C17H17N5O2. The number of nitrogens with two attached hydrogens (primary N) is 1. The average Bonchev–Trinajstić information content (AvgIpc) is 2.93. The highest BCUT2D eigenvalue weighted by atomic mass is 16.3. The number of nitroso groups, excluding NO2 is 1. The number of anilines is 2. The number of nitrogens with zero attached hydrogens (tertiary/aromatic N) is 3. The number of carbonyl (C=O) groups is 1. The molecule has 2 aromatic rings. The van der Waals surface area contributed by atoms with E-state index in [2.05, 4.69) is 10.2 Å². The highest BCUT2D eigenvalue weighted by molar-refractivity contribution is 6.14. The minimum atomic E-state index is 0.0327. The molecule has 3 N–H and O–H groups in total. The molecule has 1 amide bonds. The average molecular weight is 323 g/mol. The molecular weight excluding hydrogens is 306 g/mol. The Morgan fingerprint density at radius 2 is 2.17 bits per heavy atom. The summed E-state index contributed by atoms with van der Waals surface area (Å²) < 4.78 is 0. The summed E-state index contributed by atoms with van der Waals surface area (Å²) in [4.78, 5) is 28.7. The van der Waals surface area contributed by atoms with Crippen LogP contribution in [0.5, 0.6) is 0 Å². The first-order valence-electron chi connectivity index (χ1n) is 7.61. The van der Waals surface area contributed by atoms with E-state index in [-0.39, 0.29) is 23.3 Å². The van der Waals surface area contributed by atoms with E-state index in [1.165, 1.54) is 12.1 Å². The number of amides is 1. The maximum atomic E-state index is 12.0. The van der Waals surface area contributed by atoms with Gasteiger partial charge in [-0.3, -0.25) is 15.1 Å². The third-order valence-electron chi connectivity index (χ3n) is 4.18. The summed E-state index contributed by atoms with van der Waals surface area (Å²) in [5, 5.41) is 11.3. The second-order valence-electron chi connectivity index (χ2n) is 5.79. The van der Waals surface area contributed by atoms with Crippen LogP contribution < -0.4 is 10.6 Å². The van der Waals surface area contributed by atoms with Gasteiger partial charge in [-0.25, -0.2) is 4.98 Å². The van der Waals surface area contributed by atoms with Gasteiger partial charge in [0.25, 0.3) is 0 Å². The lowest BCUT2D eigenvalue weighted by atomic mass is 10.0. The highest BCUT2D eigenvalue weighted by Crippen LogP contribution is 2.27. The Balaban J connectivity index is 1.98. The summed E-state index contributed by atoms with van der Waals surface area (Å²) in [5.74, 6) is 0.556. The third-order valence-corrected chi connectivity index (χ3v) is 4.18. The van der Waals surface area contributed by atoms with Crippen LogP contribution in [0.4, 0.5) is 17.2 Å². The number of aromatic nitrogens is 1. The van der Waals surface area contributed by atoms with E-state index in [0.717, 1.165) is 6.42 Å². The van der Waals surface area contributed by atoms with Crippen molar-refractivity contribution < 1.29 is 4.79 Å². The Kier molecular flexibility index (Phi) is 4.07. The first-order valence-corrected chi connectivity index (χ1v) is 7.61. The van der Waals surface area contributed by atoms with E-state index in [0.29, 0.717) is 29.1 Å². The number of pyridine rings is 1.